The Labute approximate surface area is 216 Å². The molecule has 9 nitrogen and oxygen atoms in total. The van der Waals surface area contributed by atoms with Crippen molar-refractivity contribution in [1.82, 2.24) is 29.9 Å². The number of aromatic nitrogens is 6. The van der Waals surface area contributed by atoms with Crippen LogP contribution in [0.25, 0.3) is 38.8 Å². The highest BCUT2D eigenvalue weighted by molar-refractivity contribution is 6.05. The maximum Gasteiger partial charge on any atom is 0.164 e. The lowest BCUT2D eigenvalue weighted by Gasteiger charge is -2.28. The van der Waals surface area contributed by atoms with E-state index in [4.69, 9.17) is 15.6 Å². The fraction of sp³-hybridized carbons (Fsp3) is 0.0690. The van der Waals surface area contributed by atoms with Crippen molar-refractivity contribution in [3.63, 3.8) is 0 Å². The van der Waals surface area contributed by atoms with Crippen molar-refractivity contribution in [1.29, 1.82) is 0 Å². The lowest BCUT2D eigenvalue weighted by Crippen LogP contribution is -2.20. The van der Waals surface area contributed by atoms with E-state index in [1.165, 1.54) is 6.33 Å². The number of carbonyl (C=O) groups is 1. The van der Waals surface area contributed by atoms with Crippen molar-refractivity contribution in [3.8, 4) is 17.0 Å². The number of aromatic amines is 1. The minimum absolute atomic E-state index is 0.233. The van der Waals surface area contributed by atoms with Gasteiger partial charge in [-0.15, -0.1) is 0 Å². The number of benzene rings is 3. The molecule has 7 rings (SSSR count). The van der Waals surface area contributed by atoms with Gasteiger partial charge in [-0.25, -0.2) is 14.6 Å². The maximum atomic E-state index is 12.5. The second kappa shape index (κ2) is 8.67. The average molecular weight is 500 g/mol. The number of fused-ring (bicyclic) bond motifs is 3. The number of hydrogen-bond acceptors (Lipinski definition) is 7. The maximum absolute atomic E-state index is 12.5. The number of carbonyl (C=O) groups excluding carboxylic acids is 1. The quantitative estimate of drug-likeness (QED) is 0.328. The summed E-state index contributed by atoms with van der Waals surface area (Å²) in [7, 11) is 0. The first-order valence-corrected chi connectivity index (χ1v) is 12.1. The predicted octanol–water partition coefficient (Wildman–Crippen LogP) is 4.74. The van der Waals surface area contributed by atoms with E-state index in [9.17, 15) is 4.79 Å². The summed E-state index contributed by atoms with van der Waals surface area (Å²) in [4.78, 5) is 21.3. The number of nitrogen functional groups attached to an aromatic ring is 1. The van der Waals surface area contributed by atoms with E-state index in [1.807, 2.05) is 72.8 Å². The molecule has 0 saturated heterocycles. The standard InChI is InChI=1S/C29H21N7O2/c30-28-26-27(19-10-6-11-22-20(19)13-33-34-22)35-36(29(26)32-16-31-28)14-24-25(17-7-2-1-3-8-17)21(15-37)18-9-4-5-12-23(18)38-24/h1-13,15-16,21H,14H2,(H,33,34)(H2,30,31,32). The third-order valence-electron chi connectivity index (χ3n) is 6.91. The van der Waals surface area contributed by atoms with Crippen molar-refractivity contribution >= 4 is 39.6 Å². The number of allylic oxidation sites excluding steroid dienone is 2. The van der Waals surface area contributed by atoms with E-state index in [-0.39, 0.29) is 6.54 Å². The second-order valence-electron chi connectivity index (χ2n) is 9.06. The lowest BCUT2D eigenvalue weighted by atomic mass is 9.84. The van der Waals surface area contributed by atoms with Crippen LogP contribution in [0.15, 0.2) is 91.1 Å². The van der Waals surface area contributed by atoms with E-state index in [1.54, 1.807) is 10.9 Å². The van der Waals surface area contributed by atoms with Crippen LogP contribution in [0.4, 0.5) is 5.82 Å². The summed E-state index contributed by atoms with van der Waals surface area (Å²) in [6.45, 7) is 0.233. The minimum atomic E-state index is -0.488. The zero-order valence-corrected chi connectivity index (χ0v) is 20.1. The molecule has 0 radical (unpaired) electrons. The van der Waals surface area contributed by atoms with Crippen molar-refractivity contribution in [3.05, 3.63) is 102 Å². The lowest BCUT2D eigenvalue weighted by molar-refractivity contribution is -0.108. The largest absolute Gasteiger partial charge is 0.459 e. The van der Waals surface area contributed by atoms with E-state index in [2.05, 4.69) is 20.2 Å². The minimum Gasteiger partial charge on any atom is -0.459 e. The molecule has 3 aromatic carbocycles. The summed E-state index contributed by atoms with van der Waals surface area (Å²) in [5.41, 5.74) is 11.9. The van der Waals surface area contributed by atoms with Crippen molar-refractivity contribution in [2.24, 2.45) is 0 Å². The molecule has 1 atom stereocenters. The van der Waals surface area contributed by atoms with Crippen LogP contribution >= 0.6 is 0 Å². The van der Waals surface area contributed by atoms with Crippen molar-refractivity contribution in [2.45, 2.75) is 12.5 Å². The summed E-state index contributed by atoms with van der Waals surface area (Å²) >= 11 is 0. The number of nitrogens with zero attached hydrogens (tertiary/aromatic N) is 5. The van der Waals surface area contributed by atoms with Gasteiger partial charge in [0.15, 0.2) is 5.65 Å². The van der Waals surface area contributed by atoms with Gasteiger partial charge in [0.25, 0.3) is 0 Å². The molecule has 1 unspecified atom stereocenters. The Morgan fingerprint density at radius 1 is 1.00 bits per heavy atom. The first kappa shape index (κ1) is 21.9. The molecular weight excluding hydrogens is 478 g/mol. The van der Waals surface area contributed by atoms with Crippen LogP contribution in [0.5, 0.6) is 5.75 Å². The molecule has 3 N–H and O–H groups in total. The van der Waals surface area contributed by atoms with E-state index in [0.717, 1.165) is 39.5 Å². The topological polar surface area (TPSA) is 125 Å². The van der Waals surface area contributed by atoms with Crippen molar-refractivity contribution < 1.29 is 9.53 Å². The zero-order chi connectivity index (χ0) is 25.6. The summed E-state index contributed by atoms with van der Waals surface area (Å²) in [5, 5.41) is 13.7. The monoisotopic (exact) mass is 499 g/mol. The average Bonchev–Trinajstić information content (AvgIpc) is 3.58. The molecule has 9 heteroatoms. The van der Waals surface area contributed by atoms with Gasteiger partial charge in [0.05, 0.1) is 23.0 Å². The SMILES string of the molecule is Nc1ncnc2c1c(-c1cccc3[nH]ncc13)nn2CC1=C(c2ccccc2)C(C=O)c2ccccc2O1. The van der Waals surface area contributed by atoms with Gasteiger partial charge in [0, 0.05) is 22.1 Å². The number of nitrogens with one attached hydrogen (secondary N) is 1. The highest BCUT2D eigenvalue weighted by Crippen LogP contribution is 2.43. The van der Waals surface area contributed by atoms with Crippen LogP contribution in [0.2, 0.25) is 0 Å². The molecule has 3 aromatic heterocycles. The molecule has 38 heavy (non-hydrogen) atoms. The Bertz CT molecular complexity index is 1870. The smallest absolute Gasteiger partial charge is 0.164 e. The third kappa shape index (κ3) is 3.36. The van der Waals surface area contributed by atoms with E-state index < -0.39 is 5.92 Å². The predicted molar refractivity (Wildman–Crippen MR) is 144 cm³/mol. The molecule has 0 amide bonds. The van der Waals surface area contributed by atoms with Gasteiger partial charge >= 0.3 is 0 Å². The molecule has 0 bridgehead atoms. The van der Waals surface area contributed by atoms with Crippen LogP contribution < -0.4 is 10.5 Å². The van der Waals surface area contributed by atoms with Gasteiger partial charge in [-0.05, 0) is 17.7 Å². The number of hydrogen-bond donors (Lipinski definition) is 2. The molecule has 0 fully saturated rings. The number of rotatable bonds is 5. The number of aldehydes is 1. The second-order valence-corrected chi connectivity index (χ2v) is 9.06. The van der Waals surface area contributed by atoms with Gasteiger partial charge in [0.2, 0.25) is 0 Å². The fourth-order valence-corrected chi connectivity index (χ4v) is 5.20. The third-order valence-corrected chi connectivity index (χ3v) is 6.91. The zero-order valence-electron chi connectivity index (χ0n) is 20.1. The molecular formula is C29H21N7O2. The number of H-pyrrole nitrogens is 1. The van der Waals surface area contributed by atoms with E-state index >= 15 is 0 Å². The van der Waals surface area contributed by atoms with Crippen LogP contribution in [0, 0.1) is 0 Å². The Balaban J connectivity index is 1.45. The first-order chi connectivity index (χ1) is 18.7. The van der Waals surface area contributed by atoms with Crippen molar-refractivity contribution in [2.75, 3.05) is 5.73 Å². The Kier molecular flexibility index (Phi) is 5.00. The van der Waals surface area contributed by atoms with Crippen LogP contribution in [-0.2, 0) is 11.3 Å². The summed E-state index contributed by atoms with van der Waals surface area (Å²) in [5.74, 6) is 1.10. The Morgan fingerprint density at radius 3 is 2.71 bits per heavy atom. The van der Waals surface area contributed by atoms with Crippen LogP contribution in [0.3, 0.4) is 0 Å². The number of nitrogens with two attached hydrogens (primary N) is 1. The molecule has 0 aliphatic carbocycles. The van der Waals surface area contributed by atoms with E-state index in [0.29, 0.717) is 34.1 Å². The van der Waals surface area contributed by atoms with Gasteiger partial charge in [-0.2, -0.15) is 10.2 Å². The summed E-state index contributed by atoms with van der Waals surface area (Å²) in [6.07, 6.45) is 4.16. The van der Waals surface area contributed by atoms with Crippen LogP contribution in [-0.4, -0.2) is 36.2 Å². The van der Waals surface area contributed by atoms with Gasteiger partial charge in [-0.3, -0.25) is 5.10 Å². The molecule has 4 heterocycles. The van der Waals surface area contributed by atoms with Gasteiger partial charge in [0.1, 0.15) is 42.2 Å². The summed E-state index contributed by atoms with van der Waals surface area (Å²) < 4.78 is 8.22. The fourth-order valence-electron chi connectivity index (χ4n) is 5.20. The van der Waals surface area contributed by atoms with Gasteiger partial charge in [-0.1, -0.05) is 60.7 Å². The Morgan fingerprint density at radius 2 is 1.84 bits per heavy atom. The molecule has 1 aliphatic heterocycles. The number of anilines is 1. The number of ether oxygens (including phenoxy) is 1. The number of para-hydroxylation sites is 1. The van der Waals surface area contributed by atoms with Crippen LogP contribution in [0.1, 0.15) is 17.0 Å². The highest BCUT2D eigenvalue weighted by atomic mass is 16.5. The molecule has 184 valence electrons. The molecule has 6 aromatic rings. The normalized spacial score (nSPS) is 15.0. The molecule has 1 aliphatic rings. The van der Waals surface area contributed by atoms with Gasteiger partial charge < -0.3 is 15.3 Å². The molecule has 0 spiro atoms. The highest BCUT2D eigenvalue weighted by Gasteiger charge is 2.31. The first-order valence-electron chi connectivity index (χ1n) is 12.1. The summed E-state index contributed by atoms with van der Waals surface area (Å²) in [6, 6.07) is 23.3. The Hall–Kier alpha value is -5.31. The molecule has 0 saturated carbocycles.